The van der Waals surface area contributed by atoms with E-state index in [-0.39, 0.29) is 5.91 Å². The highest BCUT2D eigenvalue weighted by atomic mass is 32.2. The van der Waals surface area contributed by atoms with Gasteiger partial charge in [0.1, 0.15) is 0 Å². The highest BCUT2D eigenvalue weighted by Crippen LogP contribution is 2.25. The van der Waals surface area contributed by atoms with Gasteiger partial charge in [-0.05, 0) is 55.9 Å². The molecular formula is C21H26N2OS. The van der Waals surface area contributed by atoms with Gasteiger partial charge in [0.05, 0.1) is 0 Å². The molecule has 25 heavy (non-hydrogen) atoms. The number of benzene rings is 2. The van der Waals surface area contributed by atoms with E-state index in [4.69, 9.17) is 0 Å². The highest BCUT2D eigenvalue weighted by Gasteiger charge is 2.30. The molecule has 0 radical (unpaired) electrons. The summed E-state index contributed by atoms with van der Waals surface area (Å²) in [5.41, 5.74) is 1.02. The van der Waals surface area contributed by atoms with E-state index in [2.05, 4.69) is 42.3 Å². The van der Waals surface area contributed by atoms with Crippen molar-refractivity contribution in [2.75, 3.05) is 37.3 Å². The Morgan fingerprint density at radius 2 is 1.76 bits per heavy atom. The van der Waals surface area contributed by atoms with Gasteiger partial charge in [0.15, 0.2) is 0 Å². The van der Waals surface area contributed by atoms with Crippen LogP contribution in [0.3, 0.4) is 0 Å². The number of amides is 1. The van der Waals surface area contributed by atoms with Crippen LogP contribution in [0.2, 0.25) is 0 Å². The van der Waals surface area contributed by atoms with Crippen LogP contribution in [0, 0.1) is 5.92 Å². The third-order valence-corrected chi connectivity index (χ3v) is 5.64. The molecule has 1 heterocycles. The Balaban J connectivity index is 1.38. The molecule has 0 aromatic heterocycles. The number of anilines is 1. The second-order valence-electron chi connectivity index (χ2n) is 6.69. The Bertz CT molecular complexity index is 662. The van der Waals surface area contributed by atoms with Gasteiger partial charge in [0.25, 0.3) is 0 Å². The fourth-order valence-corrected chi connectivity index (χ4v) is 4.19. The number of nitrogens with zero attached hydrogens (tertiary/aromatic N) is 2. The van der Waals surface area contributed by atoms with E-state index in [9.17, 15) is 4.79 Å². The highest BCUT2D eigenvalue weighted by molar-refractivity contribution is 7.99. The lowest BCUT2D eigenvalue weighted by Crippen LogP contribution is -2.29. The molecule has 4 heteroatoms. The van der Waals surface area contributed by atoms with Gasteiger partial charge in [-0.25, -0.2) is 0 Å². The number of carbonyl (C=O) groups excluding carboxylic acids is 1. The van der Waals surface area contributed by atoms with Crippen LogP contribution in [0.1, 0.15) is 12.8 Å². The van der Waals surface area contributed by atoms with Gasteiger partial charge in [-0.15, -0.1) is 11.8 Å². The summed E-state index contributed by atoms with van der Waals surface area (Å²) in [6.07, 6.45) is 1.83. The SMILES string of the molecule is CN(CCCSc1ccccc1)C[C@@H]1CC(=O)N(c2ccccc2)C1. The summed E-state index contributed by atoms with van der Waals surface area (Å²) in [4.78, 5) is 17.9. The first-order valence-electron chi connectivity index (χ1n) is 8.94. The number of para-hydroxylation sites is 1. The first kappa shape index (κ1) is 18.0. The van der Waals surface area contributed by atoms with Crippen LogP contribution in [-0.4, -0.2) is 43.2 Å². The first-order valence-corrected chi connectivity index (χ1v) is 9.93. The van der Waals surface area contributed by atoms with Gasteiger partial charge < -0.3 is 9.80 Å². The molecule has 0 spiro atoms. The molecule has 1 fully saturated rings. The maximum atomic E-state index is 12.3. The minimum Gasteiger partial charge on any atom is -0.312 e. The molecule has 1 aliphatic heterocycles. The Hall–Kier alpha value is -1.78. The van der Waals surface area contributed by atoms with Crippen molar-refractivity contribution in [3.8, 4) is 0 Å². The molecule has 1 amide bonds. The van der Waals surface area contributed by atoms with Crippen molar-refractivity contribution in [3.05, 3.63) is 60.7 Å². The zero-order chi connectivity index (χ0) is 17.5. The molecule has 0 unspecified atom stereocenters. The molecule has 1 atom stereocenters. The Labute approximate surface area is 155 Å². The predicted octanol–water partition coefficient (Wildman–Crippen LogP) is 4.15. The summed E-state index contributed by atoms with van der Waals surface area (Å²) >= 11 is 1.91. The van der Waals surface area contributed by atoms with E-state index in [0.29, 0.717) is 12.3 Å². The average molecular weight is 355 g/mol. The molecule has 0 saturated carbocycles. The van der Waals surface area contributed by atoms with Gasteiger partial charge in [-0.3, -0.25) is 4.79 Å². The summed E-state index contributed by atoms with van der Waals surface area (Å²) in [6, 6.07) is 20.6. The smallest absolute Gasteiger partial charge is 0.227 e. The molecule has 2 aromatic carbocycles. The number of hydrogen-bond acceptors (Lipinski definition) is 3. The van der Waals surface area contributed by atoms with Crippen molar-refractivity contribution in [2.45, 2.75) is 17.7 Å². The van der Waals surface area contributed by atoms with Crippen LogP contribution in [-0.2, 0) is 4.79 Å². The molecule has 1 aliphatic rings. The molecule has 2 aromatic rings. The first-order chi connectivity index (χ1) is 12.2. The second kappa shape index (κ2) is 9.07. The van der Waals surface area contributed by atoms with Crippen molar-refractivity contribution in [1.29, 1.82) is 0 Å². The number of rotatable bonds is 8. The lowest BCUT2D eigenvalue weighted by molar-refractivity contribution is -0.117. The summed E-state index contributed by atoms with van der Waals surface area (Å²) in [5, 5.41) is 0. The van der Waals surface area contributed by atoms with Crippen molar-refractivity contribution in [1.82, 2.24) is 4.90 Å². The third kappa shape index (κ3) is 5.35. The van der Waals surface area contributed by atoms with E-state index < -0.39 is 0 Å². The normalized spacial score (nSPS) is 17.4. The van der Waals surface area contributed by atoms with E-state index >= 15 is 0 Å². The van der Waals surface area contributed by atoms with Crippen molar-refractivity contribution >= 4 is 23.4 Å². The van der Waals surface area contributed by atoms with Crippen molar-refractivity contribution < 1.29 is 4.79 Å². The minimum absolute atomic E-state index is 0.254. The maximum absolute atomic E-state index is 12.3. The van der Waals surface area contributed by atoms with E-state index in [1.165, 1.54) is 11.3 Å². The third-order valence-electron chi connectivity index (χ3n) is 4.54. The molecule has 0 bridgehead atoms. The van der Waals surface area contributed by atoms with Gasteiger partial charge in [0, 0.05) is 30.1 Å². The summed E-state index contributed by atoms with van der Waals surface area (Å²) in [6.45, 7) is 2.91. The Kier molecular flexibility index (Phi) is 6.54. The summed E-state index contributed by atoms with van der Waals surface area (Å²) < 4.78 is 0. The fraction of sp³-hybridized carbons (Fsp3) is 0.381. The van der Waals surface area contributed by atoms with E-state index in [1.807, 2.05) is 47.0 Å². The monoisotopic (exact) mass is 354 g/mol. The van der Waals surface area contributed by atoms with E-state index in [1.54, 1.807) is 0 Å². The summed E-state index contributed by atoms with van der Waals surface area (Å²) in [5.74, 6) is 1.82. The molecule has 3 nitrogen and oxygen atoms in total. The topological polar surface area (TPSA) is 23.6 Å². The Morgan fingerprint density at radius 1 is 1.08 bits per heavy atom. The largest absolute Gasteiger partial charge is 0.312 e. The van der Waals surface area contributed by atoms with Crippen LogP contribution in [0.25, 0.3) is 0 Å². The standard InChI is InChI=1S/C21H26N2OS/c1-22(13-8-14-25-20-11-6-3-7-12-20)16-18-15-21(24)23(17-18)19-9-4-2-5-10-19/h2-7,9-12,18H,8,13-17H2,1H3/t18-/m0/s1. The molecule has 3 rings (SSSR count). The van der Waals surface area contributed by atoms with Crippen LogP contribution in [0.5, 0.6) is 0 Å². The number of hydrogen-bond donors (Lipinski definition) is 0. The molecule has 0 aliphatic carbocycles. The van der Waals surface area contributed by atoms with E-state index in [0.717, 1.165) is 31.1 Å². The fourth-order valence-electron chi connectivity index (χ4n) is 3.33. The molecule has 132 valence electrons. The Morgan fingerprint density at radius 3 is 2.48 bits per heavy atom. The van der Waals surface area contributed by atoms with Gasteiger partial charge >= 0.3 is 0 Å². The molecule has 1 saturated heterocycles. The van der Waals surface area contributed by atoms with Crippen LogP contribution in [0.15, 0.2) is 65.6 Å². The minimum atomic E-state index is 0.254. The van der Waals surface area contributed by atoms with Crippen LogP contribution in [0.4, 0.5) is 5.69 Å². The average Bonchev–Trinajstić information content (AvgIpc) is 3.00. The van der Waals surface area contributed by atoms with Crippen LogP contribution < -0.4 is 4.90 Å². The second-order valence-corrected chi connectivity index (χ2v) is 7.86. The molecular weight excluding hydrogens is 328 g/mol. The maximum Gasteiger partial charge on any atom is 0.227 e. The van der Waals surface area contributed by atoms with Gasteiger partial charge in [0.2, 0.25) is 5.91 Å². The van der Waals surface area contributed by atoms with Crippen molar-refractivity contribution in [2.24, 2.45) is 5.92 Å². The lowest BCUT2D eigenvalue weighted by Gasteiger charge is -2.21. The van der Waals surface area contributed by atoms with Gasteiger partial charge in [-0.1, -0.05) is 36.4 Å². The number of carbonyl (C=O) groups is 1. The zero-order valence-corrected chi connectivity index (χ0v) is 15.6. The van der Waals surface area contributed by atoms with Crippen LogP contribution >= 0.6 is 11.8 Å². The quantitative estimate of drug-likeness (QED) is 0.525. The van der Waals surface area contributed by atoms with Gasteiger partial charge in [-0.2, -0.15) is 0 Å². The lowest BCUT2D eigenvalue weighted by atomic mass is 10.1. The predicted molar refractivity (Wildman–Crippen MR) is 106 cm³/mol. The summed E-state index contributed by atoms with van der Waals surface area (Å²) in [7, 11) is 2.17. The molecule has 0 N–H and O–H groups in total. The van der Waals surface area contributed by atoms with Crippen molar-refractivity contribution in [3.63, 3.8) is 0 Å². The zero-order valence-electron chi connectivity index (χ0n) is 14.8. The number of thioether (sulfide) groups is 1.